The highest BCUT2D eigenvalue weighted by Crippen LogP contribution is 2.28. The molecule has 0 saturated carbocycles. The predicted molar refractivity (Wildman–Crippen MR) is 179 cm³/mol. The number of urea groups is 1. The quantitative estimate of drug-likeness (QED) is 0.248. The average molecular weight is 632 g/mol. The van der Waals surface area contributed by atoms with Crippen LogP contribution in [0.15, 0.2) is 60.8 Å². The number of benzene rings is 2. The Labute approximate surface area is 271 Å². The summed E-state index contributed by atoms with van der Waals surface area (Å²) in [6, 6.07) is 15.5. The minimum Gasteiger partial charge on any atom is -0.480 e. The third kappa shape index (κ3) is 8.86. The Morgan fingerprint density at radius 1 is 0.957 bits per heavy atom. The number of carbonyl (C=O) groups excluding carboxylic acids is 2. The summed E-state index contributed by atoms with van der Waals surface area (Å²) in [7, 11) is 1.75. The summed E-state index contributed by atoms with van der Waals surface area (Å²) in [5.41, 5.74) is 2.25. The van der Waals surface area contributed by atoms with Crippen LogP contribution in [-0.2, 0) is 17.6 Å². The molecule has 1 aliphatic rings. The van der Waals surface area contributed by atoms with E-state index in [0.717, 1.165) is 24.0 Å². The summed E-state index contributed by atoms with van der Waals surface area (Å²) >= 11 is 0. The fourth-order valence-corrected chi connectivity index (χ4v) is 5.34. The molecule has 46 heavy (non-hydrogen) atoms. The van der Waals surface area contributed by atoms with Crippen molar-refractivity contribution in [3.63, 3.8) is 0 Å². The molecule has 4 rings (SSSR count). The summed E-state index contributed by atoms with van der Waals surface area (Å²) in [4.78, 5) is 54.7. The Hall–Kier alpha value is -4.87. The Balaban J connectivity index is 1.54. The van der Waals surface area contributed by atoms with Gasteiger partial charge in [-0.1, -0.05) is 42.5 Å². The van der Waals surface area contributed by atoms with Gasteiger partial charge in [0.1, 0.15) is 17.5 Å². The number of ether oxygens (including phenoxy) is 1. The lowest BCUT2D eigenvalue weighted by molar-refractivity contribution is -0.137. The van der Waals surface area contributed by atoms with Crippen LogP contribution in [0.2, 0.25) is 0 Å². The number of hydrogen-bond donors (Lipinski definition) is 2. The van der Waals surface area contributed by atoms with Gasteiger partial charge in [0.15, 0.2) is 5.82 Å². The number of anilines is 3. The minimum absolute atomic E-state index is 0.122. The van der Waals surface area contributed by atoms with E-state index in [9.17, 15) is 19.5 Å². The molecule has 1 fully saturated rings. The maximum Gasteiger partial charge on any atom is 0.415 e. The number of likely N-dealkylation sites (tertiary alicyclic amines) is 1. The largest absolute Gasteiger partial charge is 0.480 e. The molecule has 12 nitrogen and oxygen atoms in total. The predicted octanol–water partition coefficient (Wildman–Crippen LogP) is 5.15. The number of aromatic nitrogens is 2. The van der Waals surface area contributed by atoms with Gasteiger partial charge in [0.2, 0.25) is 5.95 Å². The number of aliphatic carboxylic acids is 1. The molecular formula is C34H45N7O5. The molecule has 2 aromatic carbocycles. The van der Waals surface area contributed by atoms with E-state index in [-0.39, 0.29) is 24.4 Å². The van der Waals surface area contributed by atoms with E-state index in [0.29, 0.717) is 63.1 Å². The number of hydrogen-bond acceptors (Lipinski definition) is 8. The molecule has 0 radical (unpaired) electrons. The van der Waals surface area contributed by atoms with Crippen molar-refractivity contribution in [2.24, 2.45) is 0 Å². The number of carbonyl (C=O) groups is 3. The Morgan fingerprint density at radius 3 is 2.24 bits per heavy atom. The number of carboxylic acids is 1. The van der Waals surface area contributed by atoms with Crippen LogP contribution >= 0.6 is 0 Å². The van der Waals surface area contributed by atoms with Crippen LogP contribution in [0.1, 0.15) is 44.7 Å². The molecule has 1 aliphatic heterocycles. The molecule has 1 atom stereocenters. The first-order valence-electron chi connectivity index (χ1n) is 16.0. The van der Waals surface area contributed by atoms with Crippen molar-refractivity contribution < 1.29 is 24.2 Å². The zero-order valence-electron chi connectivity index (χ0n) is 27.2. The monoisotopic (exact) mass is 631 g/mol. The van der Waals surface area contributed by atoms with Gasteiger partial charge >= 0.3 is 18.1 Å². The highest BCUT2D eigenvalue weighted by Gasteiger charge is 2.27. The van der Waals surface area contributed by atoms with E-state index in [1.54, 1.807) is 52.2 Å². The zero-order chi connectivity index (χ0) is 33.1. The molecule has 1 saturated heterocycles. The van der Waals surface area contributed by atoms with Crippen molar-refractivity contribution in [3.8, 4) is 5.75 Å². The fourth-order valence-electron chi connectivity index (χ4n) is 5.34. The Morgan fingerprint density at radius 2 is 1.63 bits per heavy atom. The number of carboxylic acid groups (broad SMARTS) is 1. The number of amides is 3. The third-order valence-corrected chi connectivity index (χ3v) is 8.09. The number of likely N-dealkylation sites (N-methyl/N-ethyl adjacent to an activating group) is 1. The summed E-state index contributed by atoms with van der Waals surface area (Å²) in [6.07, 6.45) is 3.96. The smallest absolute Gasteiger partial charge is 0.415 e. The number of rotatable bonds is 14. The van der Waals surface area contributed by atoms with Gasteiger partial charge in [-0.25, -0.2) is 19.4 Å². The van der Waals surface area contributed by atoms with Crippen molar-refractivity contribution in [2.45, 2.75) is 52.5 Å². The molecule has 2 heterocycles. The fraction of sp³-hybridized carbons (Fsp3) is 0.441. The van der Waals surface area contributed by atoms with E-state index in [1.165, 1.54) is 0 Å². The van der Waals surface area contributed by atoms with Gasteiger partial charge in [-0.15, -0.1) is 0 Å². The molecule has 2 N–H and O–H groups in total. The van der Waals surface area contributed by atoms with Gasteiger partial charge in [-0.2, -0.15) is 4.98 Å². The summed E-state index contributed by atoms with van der Waals surface area (Å²) in [6.45, 7) is 9.36. The molecule has 0 aliphatic carbocycles. The lowest BCUT2D eigenvalue weighted by Crippen LogP contribution is -2.43. The highest BCUT2D eigenvalue weighted by molar-refractivity contribution is 5.95. The Bertz CT molecular complexity index is 1440. The molecule has 12 heteroatoms. The van der Waals surface area contributed by atoms with Crippen molar-refractivity contribution in [1.82, 2.24) is 19.8 Å². The van der Waals surface area contributed by atoms with Crippen molar-refractivity contribution in [1.29, 1.82) is 0 Å². The van der Waals surface area contributed by atoms with E-state index >= 15 is 0 Å². The van der Waals surface area contributed by atoms with Crippen LogP contribution in [-0.4, -0.2) is 95.3 Å². The first-order valence-corrected chi connectivity index (χ1v) is 16.0. The van der Waals surface area contributed by atoms with Gasteiger partial charge in [0, 0.05) is 52.7 Å². The van der Waals surface area contributed by atoms with Crippen LogP contribution in [0.4, 0.5) is 27.0 Å². The third-order valence-electron chi connectivity index (χ3n) is 8.09. The molecule has 3 aromatic rings. The molecule has 0 unspecified atom stereocenters. The summed E-state index contributed by atoms with van der Waals surface area (Å²) in [5, 5.41) is 13.4. The molecule has 3 amide bonds. The van der Waals surface area contributed by atoms with Crippen molar-refractivity contribution in [2.75, 3.05) is 61.4 Å². The van der Waals surface area contributed by atoms with Crippen molar-refractivity contribution in [3.05, 3.63) is 71.9 Å². The second-order valence-corrected chi connectivity index (χ2v) is 11.2. The van der Waals surface area contributed by atoms with Crippen LogP contribution in [0.5, 0.6) is 5.75 Å². The van der Waals surface area contributed by atoms with E-state index in [1.807, 2.05) is 56.0 Å². The highest BCUT2D eigenvalue weighted by atomic mass is 16.6. The lowest BCUT2D eigenvalue weighted by atomic mass is 10.1. The minimum atomic E-state index is -1.08. The molecule has 1 aromatic heterocycles. The average Bonchev–Trinajstić information content (AvgIpc) is 3.62. The Kier molecular flexibility index (Phi) is 12.2. The topological polar surface area (TPSA) is 131 Å². The van der Waals surface area contributed by atoms with E-state index in [2.05, 4.69) is 10.3 Å². The maximum absolute atomic E-state index is 13.7. The first-order chi connectivity index (χ1) is 22.2. The lowest BCUT2D eigenvalue weighted by Gasteiger charge is -2.30. The van der Waals surface area contributed by atoms with Crippen LogP contribution in [0.25, 0.3) is 0 Å². The van der Waals surface area contributed by atoms with Gasteiger partial charge in [-0.3, -0.25) is 4.90 Å². The van der Waals surface area contributed by atoms with Gasteiger partial charge < -0.3 is 29.9 Å². The van der Waals surface area contributed by atoms with Crippen LogP contribution in [0.3, 0.4) is 0 Å². The SMILES string of the molecule is CCN(CC)c1ncc(N(CC)C(=O)N(C)CCc2ccccc2)c(N[C@@H](Cc2ccc(OC(=O)N3CCCC3)cc2)C(=O)O)n1. The number of nitrogens with one attached hydrogen (secondary N) is 1. The second-order valence-electron chi connectivity index (χ2n) is 11.2. The van der Waals surface area contributed by atoms with E-state index in [4.69, 9.17) is 9.72 Å². The zero-order valence-corrected chi connectivity index (χ0v) is 27.2. The standard InChI is InChI=1S/C34H45N7O5/c1-5-39(6-2)32-35-24-29(41(7-3)33(44)38(4)22-19-25-13-9-8-10-14-25)30(37-32)36-28(31(42)43)23-26-15-17-27(18-16-26)46-34(45)40-20-11-12-21-40/h8-10,13-18,24,28H,5-7,11-12,19-23H2,1-4H3,(H,42,43)(H,35,36,37)/t28-/m0/s1. The molecule has 246 valence electrons. The van der Waals surface area contributed by atoms with Crippen LogP contribution in [0, 0.1) is 0 Å². The maximum atomic E-state index is 13.7. The van der Waals surface area contributed by atoms with Gasteiger partial charge in [-0.05, 0) is 63.3 Å². The van der Waals surface area contributed by atoms with Gasteiger partial charge in [0.05, 0.1) is 6.20 Å². The first kappa shape index (κ1) is 34.0. The molecular weight excluding hydrogens is 586 g/mol. The van der Waals surface area contributed by atoms with E-state index < -0.39 is 12.0 Å². The van der Waals surface area contributed by atoms with Gasteiger partial charge in [0.25, 0.3) is 0 Å². The number of nitrogens with zero attached hydrogens (tertiary/aromatic N) is 6. The second kappa shape index (κ2) is 16.4. The molecule has 0 bridgehead atoms. The van der Waals surface area contributed by atoms with Crippen LogP contribution < -0.4 is 19.9 Å². The normalized spacial score (nSPS) is 13.2. The van der Waals surface area contributed by atoms with Crippen molar-refractivity contribution >= 4 is 35.5 Å². The summed E-state index contributed by atoms with van der Waals surface area (Å²) in [5.74, 6) is 0.0152. The summed E-state index contributed by atoms with van der Waals surface area (Å²) < 4.78 is 5.49. The molecule has 0 spiro atoms.